The van der Waals surface area contributed by atoms with E-state index in [1.807, 2.05) is 0 Å². The lowest BCUT2D eigenvalue weighted by molar-refractivity contribution is -0.290. The minimum atomic E-state index is -5.70. The van der Waals surface area contributed by atoms with Crippen molar-refractivity contribution in [2.45, 2.75) is 18.1 Å². The van der Waals surface area contributed by atoms with Crippen LogP contribution in [0, 0.1) is 0 Å². The van der Waals surface area contributed by atoms with Gasteiger partial charge in [-0.05, 0) is 17.7 Å². The second kappa shape index (κ2) is 5.49. The number of nitrogens with two attached hydrogens (primary N) is 1. The number of para-hydroxylation sites is 1. The normalized spacial score (nSPS) is 13.9. The van der Waals surface area contributed by atoms with Crippen molar-refractivity contribution in [1.82, 2.24) is 4.98 Å². The van der Waals surface area contributed by atoms with E-state index in [-0.39, 0.29) is 23.4 Å². The van der Waals surface area contributed by atoms with E-state index in [4.69, 9.17) is 5.73 Å². The molecule has 0 unspecified atom stereocenters. The molecular formula is C12H10ClF5N2. The molecule has 0 spiro atoms. The standard InChI is InChI=1S/C12H9F5N2.ClH/c13-11(14,12(15,16)17)10(18)8-5-6-19-9-4-2-1-3-7(8)9;/h1-6,10H,18H2;1H/t10-;/m0./s1. The molecule has 2 nitrogen and oxygen atoms in total. The van der Waals surface area contributed by atoms with Crippen LogP contribution in [0.2, 0.25) is 0 Å². The van der Waals surface area contributed by atoms with Crippen molar-refractivity contribution in [3.8, 4) is 0 Å². The maximum absolute atomic E-state index is 13.3. The number of pyridine rings is 1. The van der Waals surface area contributed by atoms with E-state index in [1.165, 1.54) is 18.2 Å². The fraction of sp³-hybridized carbons (Fsp3) is 0.250. The molecule has 20 heavy (non-hydrogen) atoms. The Morgan fingerprint density at radius 1 is 1.00 bits per heavy atom. The summed E-state index contributed by atoms with van der Waals surface area (Å²) in [7, 11) is 0. The molecule has 2 aromatic rings. The van der Waals surface area contributed by atoms with E-state index >= 15 is 0 Å². The predicted octanol–water partition coefficient (Wildman–Crippen LogP) is 3.85. The summed E-state index contributed by atoms with van der Waals surface area (Å²) in [6.07, 6.45) is -4.54. The van der Waals surface area contributed by atoms with Crippen molar-refractivity contribution < 1.29 is 22.0 Å². The van der Waals surface area contributed by atoms with Crippen molar-refractivity contribution >= 4 is 23.3 Å². The Kier molecular flexibility index (Phi) is 4.55. The highest BCUT2D eigenvalue weighted by molar-refractivity contribution is 5.85. The molecule has 2 N–H and O–H groups in total. The second-order valence-corrected chi connectivity index (χ2v) is 4.02. The fourth-order valence-corrected chi connectivity index (χ4v) is 1.76. The highest BCUT2D eigenvalue weighted by Crippen LogP contribution is 2.44. The van der Waals surface area contributed by atoms with Gasteiger partial charge < -0.3 is 5.73 Å². The first kappa shape index (κ1) is 16.6. The number of hydrogen-bond donors (Lipinski definition) is 1. The van der Waals surface area contributed by atoms with E-state index in [0.717, 1.165) is 12.3 Å². The molecule has 0 amide bonds. The lowest BCUT2D eigenvalue weighted by Crippen LogP contribution is -2.45. The van der Waals surface area contributed by atoms with Gasteiger partial charge in [0.2, 0.25) is 0 Å². The lowest BCUT2D eigenvalue weighted by atomic mass is 9.97. The Balaban J connectivity index is 0.00000200. The zero-order valence-corrected chi connectivity index (χ0v) is 10.7. The van der Waals surface area contributed by atoms with Crippen LogP contribution in [0.4, 0.5) is 22.0 Å². The maximum Gasteiger partial charge on any atom is 0.455 e. The van der Waals surface area contributed by atoms with Crippen LogP contribution in [-0.4, -0.2) is 17.1 Å². The summed E-state index contributed by atoms with van der Waals surface area (Å²) in [4.78, 5) is 3.89. The van der Waals surface area contributed by atoms with Crippen LogP contribution < -0.4 is 5.73 Å². The number of alkyl halides is 5. The summed E-state index contributed by atoms with van der Waals surface area (Å²) >= 11 is 0. The van der Waals surface area contributed by atoms with Gasteiger partial charge in [0, 0.05) is 11.6 Å². The van der Waals surface area contributed by atoms with Crippen molar-refractivity contribution in [1.29, 1.82) is 0 Å². The largest absolute Gasteiger partial charge is 0.455 e. The molecule has 0 fully saturated rings. The van der Waals surface area contributed by atoms with Gasteiger partial charge in [0.1, 0.15) is 6.04 Å². The van der Waals surface area contributed by atoms with Gasteiger partial charge >= 0.3 is 12.1 Å². The van der Waals surface area contributed by atoms with E-state index in [9.17, 15) is 22.0 Å². The third kappa shape index (κ3) is 2.69. The first-order valence-corrected chi connectivity index (χ1v) is 5.29. The number of aromatic nitrogens is 1. The fourth-order valence-electron chi connectivity index (χ4n) is 1.76. The molecule has 0 radical (unpaired) electrons. The topological polar surface area (TPSA) is 38.9 Å². The average Bonchev–Trinajstić information content (AvgIpc) is 2.36. The summed E-state index contributed by atoms with van der Waals surface area (Å²) in [5, 5.41) is 0.182. The van der Waals surface area contributed by atoms with E-state index in [0.29, 0.717) is 5.52 Å². The third-order valence-corrected chi connectivity index (χ3v) is 2.79. The Hall–Kier alpha value is -1.47. The van der Waals surface area contributed by atoms with Gasteiger partial charge in [0.15, 0.2) is 0 Å². The molecule has 1 aromatic heterocycles. The summed E-state index contributed by atoms with van der Waals surface area (Å²) in [6.45, 7) is 0. The molecule has 8 heteroatoms. The van der Waals surface area contributed by atoms with Crippen LogP contribution in [0.25, 0.3) is 10.9 Å². The number of nitrogens with zero attached hydrogens (tertiary/aromatic N) is 1. The minimum Gasteiger partial charge on any atom is -0.319 e. The Bertz CT molecular complexity index is 594. The van der Waals surface area contributed by atoms with Crippen molar-refractivity contribution in [3.05, 3.63) is 42.1 Å². The number of halogens is 6. The first-order valence-electron chi connectivity index (χ1n) is 5.29. The highest BCUT2D eigenvalue weighted by Gasteiger charge is 2.61. The van der Waals surface area contributed by atoms with Crippen LogP contribution in [0.3, 0.4) is 0 Å². The van der Waals surface area contributed by atoms with Gasteiger partial charge in [-0.1, -0.05) is 18.2 Å². The summed E-state index contributed by atoms with van der Waals surface area (Å²) < 4.78 is 63.5. The monoisotopic (exact) mass is 312 g/mol. The molecule has 1 heterocycles. The molecule has 1 atom stereocenters. The summed E-state index contributed by atoms with van der Waals surface area (Å²) in [6, 6.07) is 4.65. The average molecular weight is 313 g/mol. The maximum atomic E-state index is 13.3. The third-order valence-electron chi connectivity index (χ3n) is 2.79. The molecule has 0 aliphatic rings. The first-order chi connectivity index (χ1) is 8.75. The quantitative estimate of drug-likeness (QED) is 0.855. The van der Waals surface area contributed by atoms with E-state index < -0.39 is 18.1 Å². The summed E-state index contributed by atoms with van der Waals surface area (Å²) in [5.41, 5.74) is 5.16. The smallest absolute Gasteiger partial charge is 0.319 e. The summed E-state index contributed by atoms with van der Waals surface area (Å²) in [5.74, 6) is -5.00. The van der Waals surface area contributed by atoms with Gasteiger partial charge in [-0.25, -0.2) is 0 Å². The zero-order valence-electron chi connectivity index (χ0n) is 9.86. The van der Waals surface area contributed by atoms with E-state index in [2.05, 4.69) is 4.98 Å². The van der Waals surface area contributed by atoms with Crippen LogP contribution in [-0.2, 0) is 0 Å². The molecule has 0 bridgehead atoms. The molecule has 110 valence electrons. The molecule has 0 aliphatic heterocycles. The van der Waals surface area contributed by atoms with Crippen LogP contribution in [0.1, 0.15) is 11.6 Å². The van der Waals surface area contributed by atoms with Gasteiger partial charge in [0.25, 0.3) is 0 Å². The van der Waals surface area contributed by atoms with Crippen LogP contribution in [0.5, 0.6) is 0 Å². The molecule has 0 saturated carbocycles. The highest BCUT2D eigenvalue weighted by atomic mass is 35.5. The van der Waals surface area contributed by atoms with Gasteiger partial charge in [-0.15, -0.1) is 12.4 Å². The number of rotatable bonds is 2. The number of benzene rings is 1. The van der Waals surface area contributed by atoms with Gasteiger partial charge in [-0.3, -0.25) is 4.98 Å². The number of fused-ring (bicyclic) bond motifs is 1. The molecule has 2 rings (SSSR count). The Morgan fingerprint density at radius 2 is 1.60 bits per heavy atom. The minimum absolute atomic E-state index is 0. The SMILES string of the molecule is Cl.N[C@@H](c1ccnc2ccccc12)C(F)(F)C(F)(F)F. The molecule has 0 saturated heterocycles. The van der Waals surface area contributed by atoms with Gasteiger partial charge in [-0.2, -0.15) is 22.0 Å². The Labute approximate surface area is 117 Å². The lowest BCUT2D eigenvalue weighted by Gasteiger charge is -2.26. The van der Waals surface area contributed by atoms with Gasteiger partial charge in [0.05, 0.1) is 5.52 Å². The van der Waals surface area contributed by atoms with Crippen LogP contribution >= 0.6 is 12.4 Å². The van der Waals surface area contributed by atoms with Crippen molar-refractivity contribution in [2.75, 3.05) is 0 Å². The Morgan fingerprint density at radius 3 is 2.20 bits per heavy atom. The van der Waals surface area contributed by atoms with E-state index in [1.54, 1.807) is 6.07 Å². The van der Waals surface area contributed by atoms with Crippen LogP contribution in [0.15, 0.2) is 36.5 Å². The predicted molar refractivity (Wildman–Crippen MR) is 66.9 cm³/mol. The second-order valence-electron chi connectivity index (χ2n) is 4.02. The number of hydrogen-bond acceptors (Lipinski definition) is 2. The molecular weight excluding hydrogens is 303 g/mol. The molecule has 1 aromatic carbocycles. The zero-order chi connectivity index (χ0) is 14.3. The van der Waals surface area contributed by atoms with Crippen molar-refractivity contribution in [2.24, 2.45) is 5.73 Å². The van der Waals surface area contributed by atoms with Crippen molar-refractivity contribution in [3.63, 3.8) is 0 Å². The molecule has 0 aliphatic carbocycles.